The SMILES string of the molecule is C.C.C.C.Cl.O.O.[CH2-][N+](CCCC)(CCCC)CCNC(=O)[C@H](CCCC[NH+]=C(N)N)CC(=O)C1(O)C[C@@H](O)C(O)[C@H](O)C1.[CH3-].[Cl-].[Pd]. The zero-order chi connectivity index (χ0) is 28.1. The molecule has 0 aromatic rings. The van der Waals surface area contributed by atoms with Crippen molar-refractivity contribution >= 4 is 30.1 Å². The number of unbranched alkanes of at least 4 members (excludes halogenated alkanes) is 3. The maximum Gasteiger partial charge on any atom is 0.338 e. The predicted molar refractivity (Wildman–Crippen MR) is 189 cm³/mol. The first-order valence-electron chi connectivity index (χ1n) is 13.8. The molecule has 13 nitrogen and oxygen atoms in total. The summed E-state index contributed by atoms with van der Waals surface area (Å²) in [7, 11) is 4.41. The molecule has 0 radical (unpaired) electrons. The van der Waals surface area contributed by atoms with Crippen LogP contribution < -0.4 is 34.2 Å². The molecule has 1 saturated carbocycles. The molecule has 1 aliphatic rings. The molecule has 0 aromatic heterocycles. The quantitative estimate of drug-likeness (QED) is 0.0174. The van der Waals surface area contributed by atoms with E-state index in [-0.39, 0.29) is 124 Å². The number of halogens is 2. The van der Waals surface area contributed by atoms with Gasteiger partial charge in [-0.15, -0.1) is 19.5 Å². The van der Waals surface area contributed by atoms with Crippen LogP contribution in [0, 0.1) is 20.4 Å². The largest absolute Gasteiger partial charge is 1.00 e. The predicted octanol–water partition coefficient (Wildman–Crippen LogP) is -3.21. The van der Waals surface area contributed by atoms with Crippen LogP contribution in [-0.4, -0.2) is 110 Å². The number of nitrogens with two attached hydrogens (primary N) is 2. The van der Waals surface area contributed by atoms with E-state index in [1.165, 1.54) is 0 Å². The van der Waals surface area contributed by atoms with Crippen molar-refractivity contribution in [3.05, 3.63) is 14.5 Å². The first-order valence-corrected chi connectivity index (χ1v) is 13.8. The number of nitrogens with zero attached hydrogens (tertiary/aromatic N) is 1. The van der Waals surface area contributed by atoms with Crippen molar-refractivity contribution in [3.8, 4) is 0 Å². The summed E-state index contributed by atoms with van der Waals surface area (Å²) in [5, 5.41) is 43.6. The number of aliphatic hydroxyl groups is 4. The number of aliphatic hydroxyl groups excluding tert-OH is 3. The molecule has 14 N–H and O–H groups in total. The summed E-state index contributed by atoms with van der Waals surface area (Å²) in [6, 6.07) is 0. The van der Waals surface area contributed by atoms with Crippen molar-refractivity contribution in [3.63, 3.8) is 0 Å². The van der Waals surface area contributed by atoms with E-state index in [4.69, 9.17) is 11.5 Å². The molecule has 0 aliphatic heterocycles. The van der Waals surface area contributed by atoms with Gasteiger partial charge in [-0.05, 0) is 32.1 Å². The molecule has 1 fully saturated rings. The molecule has 47 heavy (non-hydrogen) atoms. The van der Waals surface area contributed by atoms with Gasteiger partial charge in [-0.2, -0.15) is 0 Å². The van der Waals surface area contributed by atoms with Crippen molar-refractivity contribution < 1.29 is 83.3 Å². The first kappa shape index (κ1) is 72.2. The molecule has 0 heterocycles. The Balaban J connectivity index is -0.000000171. The number of hydrogen-bond donors (Lipinski definition) is 8. The van der Waals surface area contributed by atoms with Gasteiger partial charge in [0.1, 0.15) is 11.7 Å². The molecular weight excluding hydrogens is 748 g/mol. The zero-order valence-electron chi connectivity index (χ0n) is 25.9. The van der Waals surface area contributed by atoms with Gasteiger partial charge in [0, 0.05) is 45.6 Å². The van der Waals surface area contributed by atoms with Gasteiger partial charge in [-0.3, -0.25) is 26.0 Å². The molecule has 1 amide bonds. The Labute approximate surface area is 313 Å². The third kappa shape index (κ3) is 26.9. The van der Waals surface area contributed by atoms with Crippen LogP contribution in [0.4, 0.5) is 0 Å². The van der Waals surface area contributed by atoms with E-state index in [0.717, 1.165) is 38.8 Å². The van der Waals surface area contributed by atoms with Gasteiger partial charge in [0.2, 0.25) is 5.91 Å². The molecule has 0 unspecified atom stereocenters. The van der Waals surface area contributed by atoms with Crippen LogP contribution >= 0.6 is 12.4 Å². The molecule has 1 aliphatic carbocycles. The fraction of sp³-hybridized carbons (Fsp3) is 0.839. The second-order valence-electron chi connectivity index (χ2n) is 10.8. The minimum atomic E-state index is -2.00. The van der Waals surface area contributed by atoms with Gasteiger partial charge < -0.3 is 61.0 Å². The summed E-state index contributed by atoms with van der Waals surface area (Å²) in [4.78, 5) is 29.1. The van der Waals surface area contributed by atoms with Crippen LogP contribution in [0.25, 0.3) is 0 Å². The molecule has 0 bridgehead atoms. The Kier molecular flexibility index (Phi) is 56.3. The van der Waals surface area contributed by atoms with E-state index in [1.807, 2.05) is 0 Å². The van der Waals surface area contributed by atoms with Gasteiger partial charge in [0.25, 0.3) is 0 Å². The molecule has 16 heteroatoms. The van der Waals surface area contributed by atoms with E-state index in [9.17, 15) is 30.0 Å². The van der Waals surface area contributed by atoms with Gasteiger partial charge in [0.15, 0.2) is 5.78 Å². The van der Waals surface area contributed by atoms with Crippen molar-refractivity contribution in [1.29, 1.82) is 0 Å². The Morgan fingerprint density at radius 1 is 0.936 bits per heavy atom. The van der Waals surface area contributed by atoms with E-state index < -0.39 is 35.6 Å². The number of amides is 1. The molecule has 298 valence electrons. The number of quaternary nitrogens is 1. The number of rotatable bonds is 18. The van der Waals surface area contributed by atoms with Crippen molar-refractivity contribution in [2.75, 3.05) is 32.7 Å². The maximum absolute atomic E-state index is 13.2. The van der Waals surface area contributed by atoms with Gasteiger partial charge in [-0.1, -0.05) is 56.4 Å². The Morgan fingerprint density at radius 3 is 1.79 bits per heavy atom. The monoisotopic (exact) mass is 822 g/mol. The number of carbonyl (C=O) groups excluding carboxylic acids is 2. The molecule has 0 saturated heterocycles. The zero-order valence-corrected chi connectivity index (χ0v) is 29.1. The average molecular weight is 824 g/mol. The van der Waals surface area contributed by atoms with E-state index in [0.29, 0.717) is 43.4 Å². The van der Waals surface area contributed by atoms with Crippen molar-refractivity contribution in [2.24, 2.45) is 17.4 Å². The maximum atomic E-state index is 13.2. The number of nitrogens with one attached hydrogen (secondary N) is 2. The normalized spacial score (nSPS) is 19.6. The number of guanidine groups is 1. The topological polar surface area (TPSA) is 256 Å². The van der Waals surface area contributed by atoms with E-state index in [1.54, 1.807) is 0 Å². The third-order valence-electron chi connectivity index (χ3n) is 7.37. The minimum Gasteiger partial charge on any atom is -1.00 e. The average Bonchev–Trinajstić information content (AvgIpc) is 2.83. The van der Waals surface area contributed by atoms with Gasteiger partial charge >= 0.3 is 5.96 Å². The van der Waals surface area contributed by atoms with E-state index >= 15 is 0 Å². The van der Waals surface area contributed by atoms with Crippen LogP contribution in [-0.2, 0) is 30.0 Å². The molecule has 0 aromatic carbocycles. The standard InChI is InChI=1S/C26H51N5O6.4CH4.CH3.2ClH.2H2O.Pd/c1-4-6-13-31(3,14-7-5-2)15-12-29-24(36)19(10-8-9-11-30-25(27)28)16-22(34)26(37)17-20(32)23(35)21(33)18-26;;;;;;;;;;/h19-21,23,32-33,35,37H,3-18H2,1-2H3,(H,29,36)(H4,27,28,30);4*1H4;1H3;2*1H;2*1H2;/q;;;;;-1;;;;;/t19-,20-,21-,23?,26?;;;;;;;;;;/m1........../s1. The number of Topliss-reactive ketones (excluding diaryl/α,β-unsaturated/α-hetero) is 1. The molecule has 1 rings (SSSR count). The molecule has 3 atom stereocenters. The number of hydrogen-bond acceptors (Lipinski definition) is 6. The summed E-state index contributed by atoms with van der Waals surface area (Å²) in [6.07, 6.45) is 0.690. The molecule has 0 spiro atoms. The van der Waals surface area contributed by atoms with Crippen molar-refractivity contribution in [2.45, 2.75) is 132 Å². The van der Waals surface area contributed by atoms with Crippen LogP contribution in [0.3, 0.4) is 0 Å². The summed E-state index contributed by atoms with van der Waals surface area (Å²) < 4.78 is 0.631. The number of carbonyl (C=O) groups is 2. The smallest absolute Gasteiger partial charge is 0.338 e. The van der Waals surface area contributed by atoms with Crippen LogP contribution in [0.1, 0.15) is 108 Å². The van der Waals surface area contributed by atoms with Crippen LogP contribution in [0.5, 0.6) is 0 Å². The van der Waals surface area contributed by atoms with E-state index in [2.05, 4.69) is 31.2 Å². The van der Waals surface area contributed by atoms with Crippen molar-refractivity contribution in [1.82, 2.24) is 5.32 Å². The summed E-state index contributed by atoms with van der Waals surface area (Å²) >= 11 is 0. The molecular formula is C31H76Cl2N5O8Pd-. The summed E-state index contributed by atoms with van der Waals surface area (Å²) in [5.74, 6) is -1.47. The fourth-order valence-corrected chi connectivity index (χ4v) is 4.87. The third-order valence-corrected chi connectivity index (χ3v) is 7.37. The Bertz CT molecular complexity index is 737. The Hall–Kier alpha value is -0.628. The fourth-order valence-electron chi connectivity index (χ4n) is 4.87. The summed E-state index contributed by atoms with van der Waals surface area (Å²) in [6.45, 7) is 7.79. The second-order valence-corrected chi connectivity index (χ2v) is 10.8. The summed E-state index contributed by atoms with van der Waals surface area (Å²) in [5.41, 5.74) is 8.82. The van der Waals surface area contributed by atoms with Crippen LogP contribution in [0.2, 0.25) is 0 Å². The van der Waals surface area contributed by atoms with Crippen LogP contribution in [0.15, 0.2) is 0 Å². The van der Waals surface area contributed by atoms with Gasteiger partial charge in [-0.25, -0.2) is 0 Å². The Morgan fingerprint density at radius 2 is 1.38 bits per heavy atom. The second kappa shape index (κ2) is 36.6. The number of ketones is 1. The first-order chi connectivity index (χ1) is 17.4. The van der Waals surface area contributed by atoms with Gasteiger partial charge in [0.05, 0.1) is 44.9 Å². The minimum absolute atomic E-state index is 0.